The van der Waals surface area contributed by atoms with Crippen LogP contribution in [0.2, 0.25) is 0 Å². The van der Waals surface area contributed by atoms with Crippen LogP contribution in [0.3, 0.4) is 0 Å². The second-order valence-electron chi connectivity index (χ2n) is 6.90. The van der Waals surface area contributed by atoms with Crippen LogP contribution in [0.1, 0.15) is 38.3 Å². The van der Waals surface area contributed by atoms with Crippen LogP contribution in [0.4, 0.5) is 0 Å². The number of rotatable bonds is 7. The molecule has 2 N–H and O–H groups in total. The van der Waals surface area contributed by atoms with Crippen molar-refractivity contribution in [3.63, 3.8) is 0 Å². The average Bonchev–Trinajstić information content (AvgIpc) is 2.75. The van der Waals surface area contributed by atoms with E-state index in [2.05, 4.69) is 28.9 Å². The highest BCUT2D eigenvalue weighted by Gasteiger charge is 2.25. The van der Waals surface area contributed by atoms with Gasteiger partial charge in [-0.1, -0.05) is 24.3 Å². The molecule has 0 saturated carbocycles. The molecule has 23 heavy (non-hydrogen) atoms. The minimum absolute atomic E-state index is 0.0318. The second kappa shape index (κ2) is 7.75. The Morgan fingerprint density at radius 2 is 1.91 bits per heavy atom. The third kappa shape index (κ3) is 5.57. The smallest absolute Gasteiger partial charge is 0.216 e. The van der Waals surface area contributed by atoms with Gasteiger partial charge in [0, 0.05) is 31.2 Å². The van der Waals surface area contributed by atoms with E-state index < -0.39 is 10.0 Å². The lowest BCUT2D eigenvalue weighted by molar-refractivity contribution is 0.326. The van der Waals surface area contributed by atoms with Crippen LogP contribution >= 0.6 is 0 Å². The van der Waals surface area contributed by atoms with E-state index in [1.807, 2.05) is 38.1 Å². The minimum Gasteiger partial charge on any atom is -0.309 e. The average molecular weight is 340 g/mol. The molecule has 1 aliphatic heterocycles. The predicted octanol–water partition coefficient (Wildman–Crippen LogP) is 1.70. The van der Waals surface area contributed by atoms with Crippen LogP contribution in [-0.2, 0) is 22.3 Å². The number of likely N-dealkylation sites (tertiary alicyclic amines) is 1. The van der Waals surface area contributed by atoms with Crippen molar-refractivity contribution in [3.05, 3.63) is 35.4 Å². The van der Waals surface area contributed by atoms with Crippen LogP contribution in [0.5, 0.6) is 0 Å². The van der Waals surface area contributed by atoms with E-state index in [0.29, 0.717) is 18.6 Å². The van der Waals surface area contributed by atoms with Crippen molar-refractivity contribution < 1.29 is 8.42 Å². The standard InChI is InChI=1S/C17H29N3O2S/c1-13(2)19-23(21,22)12-16-8-6-5-7-15(16)10-18-17-9-14(3)20(4)11-17/h5-8,13-14,17-19H,9-12H2,1-4H3/t14-,17+/m0/s1. The number of nitrogens with zero attached hydrogens (tertiary/aromatic N) is 1. The molecule has 0 radical (unpaired) electrons. The van der Waals surface area contributed by atoms with Crippen molar-refractivity contribution in [2.45, 2.75) is 57.6 Å². The number of nitrogens with one attached hydrogen (secondary N) is 2. The molecule has 2 rings (SSSR count). The summed E-state index contributed by atoms with van der Waals surface area (Å²) in [4.78, 5) is 2.35. The number of hydrogen-bond donors (Lipinski definition) is 2. The van der Waals surface area contributed by atoms with Crippen molar-refractivity contribution >= 4 is 10.0 Å². The number of sulfonamides is 1. The Balaban J connectivity index is 2.00. The van der Waals surface area contributed by atoms with Gasteiger partial charge in [0.15, 0.2) is 0 Å². The molecule has 0 aromatic heterocycles. The maximum atomic E-state index is 12.2. The molecule has 6 heteroatoms. The highest BCUT2D eigenvalue weighted by Crippen LogP contribution is 2.17. The van der Waals surface area contributed by atoms with Gasteiger partial charge in [-0.25, -0.2) is 13.1 Å². The van der Waals surface area contributed by atoms with Gasteiger partial charge in [0.05, 0.1) is 5.75 Å². The van der Waals surface area contributed by atoms with E-state index in [0.717, 1.165) is 24.1 Å². The van der Waals surface area contributed by atoms with Crippen LogP contribution in [-0.4, -0.2) is 45.0 Å². The Morgan fingerprint density at radius 1 is 1.26 bits per heavy atom. The monoisotopic (exact) mass is 339 g/mol. The molecule has 0 unspecified atom stereocenters. The normalized spacial score (nSPS) is 22.8. The van der Waals surface area contributed by atoms with Crippen molar-refractivity contribution in [2.75, 3.05) is 13.6 Å². The highest BCUT2D eigenvalue weighted by atomic mass is 32.2. The Bertz CT molecular complexity index is 606. The molecule has 130 valence electrons. The molecular weight excluding hydrogens is 310 g/mol. The van der Waals surface area contributed by atoms with Gasteiger partial charge in [-0.3, -0.25) is 0 Å². The van der Waals surface area contributed by atoms with E-state index in [9.17, 15) is 8.42 Å². The van der Waals surface area contributed by atoms with Gasteiger partial charge >= 0.3 is 0 Å². The molecule has 0 aliphatic carbocycles. The third-order valence-corrected chi connectivity index (χ3v) is 5.87. The number of likely N-dealkylation sites (N-methyl/N-ethyl adjacent to an activating group) is 1. The fourth-order valence-electron chi connectivity index (χ4n) is 3.07. The Morgan fingerprint density at radius 3 is 2.48 bits per heavy atom. The first-order valence-electron chi connectivity index (χ1n) is 8.27. The van der Waals surface area contributed by atoms with Crippen LogP contribution < -0.4 is 10.0 Å². The topological polar surface area (TPSA) is 61.4 Å². The molecule has 1 aromatic rings. The third-order valence-electron chi connectivity index (χ3n) is 4.35. The van der Waals surface area contributed by atoms with Gasteiger partial charge in [-0.2, -0.15) is 0 Å². The van der Waals surface area contributed by atoms with E-state index in [-0.39, 0.29) is 11.8 Å². The van der Waals surface area contributed by atoms with Crippen molar-refractivity contribution in [1.29, 1.82) is 0 Å². The summed E-state index contributed by atoms with van der Waals surface area (Å²) in [5, 5.41) is 3.57. The molecule has 1 aromatic carbocycles. The zero-order valence-electron chi connectivity index (χ0n) is 14.5. The summed E-state index contributed by atoms with van der Waals surface area (Å²) >= 11 is 0. The first-order chi connectivity index (χ1) is 10.8. The molecule has 0 spiro atoms. The summed E-state index contributed by atoms with van der Waals surface area (Å²) in [7, 11) is -1.15. The first kappa shape index (κ1) is 18.4. The summed E-state index contributed by atoms with van der Waals surface area (Å²) in [5.41, 5.74) is 1.93. The maximum absolute atomic E-state index is 12.2. The fourth-order valence-corrected chi connectivity index (χ4v) is 4.56. The summed E-state index contributed by atoms with van der Waals surface area (Å²) in [5.74, 6) is 0.0318. The zero-order chi connectivity index (χ0) is 17.0. The lowest BCUT2D eigenvalue weighted by atomic mass is 10.1. The van der Waals surface area contributed by atoms with Gasteiger partial charge in [0.2, 0.25) is 10.0 Å². The highest BCUT2D eigenvalue weighted by molar-refractivity contribution is 7.88. The van der Waals surface area contributed by atoms with Gasteiger partial charge in [0.1, 0.15) is 0 Å². The van der Waals surface area contributed by atoms with E-state index in [1.165, 1.54) is 0 Å². The Labute approximate surface area is 140 Å². The second-order valence-corrected chi connectivity index (χ2v) is 8.66. The summed E-state index contributed by atoms with van der Waals surface area (Å²) in [6.45, 7) is 7.65. The van der Waals surface area contributed by atoms with Crippen molar-refractivity contribution in [2.24, 2.45) is 0 Å². The van der Waals surface area contributed by atoms with Gasteiger partial charge in [-0.15, -0.1) is 0 Å². The number of hydrogen-bond acceptors (Lipinski definition) is 4. The first-order valence-corrected chi connectivity index (χ1v) is 9.92. The minimum atomic E-state index is -3.30. The van der Waals surface area contributed by atoms with Gasteiger partial charge < -0.3 is 10.2 Å². The molecule has 1 aliphatic rings. The molecule has 0 bridgehead atoms. The van der Waals surface area contributed by atoms with Crippen LogP contribution in [0.25, 0.3) is 0 Å². The summed E-state index contributed by atoms with van der Waals surface area (Å²) < 4.78 is 27.0. The lowest BCUT2D eigenvalue weighted by Crippen LogP contribution is -2.33. The predicted molar refractivity (Wildman–Crippen MR) is 94.7 cm³/mol. The van der Waals surface area contributed by atoms with Crippen molar-refractivity contribution in [3.8, 4) is 0 Å². The van der Waals surface area contributed by atoms with E-state index in [4.69, 9.17) is 0 Å². The SMILES string of the molecule is CC(C)NS(=O)(=O)Cc1ccccc1CN[C@@H]1C[C@H](C)N(C)C1. The molecule has 1 heterocycles. The molecule has 0 amide bonds. The van der Waals surface area contributed by atoms with E-state index in [1.54, 1.807) is 0 Å². The molecular formula is C17H29N3O2S. The Kier molecular flexibility index (Phi) is 6.19. The molecule has 2 atom stereocenters. The molecule has 1 saturated heterocycles. The summed E-state index contributed by atoms with van der Waals surface area (Å²) in [6, 6.07) is 8.75. The van der Waals surface area contributed by atoms with Gasteiger partial charge in [0.25, 0.3) is 0 Å². The molecule has 1 fully saturated rings. The molecule has 5 nitrogen and oxygen atoms in total. The zero-order valence-corrected chi connectivity index (χ0v) is 15.4. The number of benzene rings is 1. The van der Waals surface area contributed by atoms with Gasteiger partial charge in [-0.05, 0) is 45.4 Å². The van der Waals surface area contributed by atoms with E-state index >= 15 is 0 Å². The van der Waals surface area contributed by atoms with Crippen LogP contribution in [0, 0.1) is 0 Å². The van der Waals surface area contributed by atoms with Crippen LogP contribution in [0.15, 0.2) is 24.3 Å². The largest absolute Gasteiger partial charge is 0.309 e. The summed E-state index contributed by atoms with van der Waals surface area (Å²) in [6.07, 6.45) is 1.13. The maximum Gasteiger partial charge on any atom is 0.216 e. The van der Waals surface area contributed by atoms with Crippen molar-refractivity contribution in [1.82, 2.24) is 14.9 Å². The fraction of sp³-hybridized carbons (Fsp3) is 0.647. The lowest BCUT2D eigenvalue weighted by Gasteiger charge is -2.16. The Hall–Kier alpha value is -0.950. The quantitative estimate of drug-likeness (QED) is 0.794.